The average molecular weight is 317 g/mol. The standard InChI is InChI=1S/C18H27N3O2/c1-14(2)19-16(22)18(3,4)17(23)21-12-10-20(11-13-21)15-8-6-5-7-9-15/h5-9,14H,10-13H2,1-4H3,(H,19,22). The molecule has 1 aliphatic heterocycles. The van der Waals surface area contributed by atoms with E-state index in [4.69, 9.17) is 0 Å². The van der Waals surface area contributed by atoms with Gasteiger partial charge < -0.3 is 15.1 Å². The zero-order valence-corrected chi connectivity index (χ0v) is 14.5. The number of carbonyl (C=O) groups excluding carboxylic acids is 2. The van der Waals surface area contributed by atoms with E-state index in [1.165, 1.54) is 5.69 Å². The lowest BCUT2D eigenvalue weighted by Gasteiger charge is -2.39. The van der Waals surface area contributed by atoms with Crippen LogP contribution in [0.2, 0.25) is 0 Å². The number of piperazine rings is 1. The maximum Gasteiger partial charge on any atom is 0.237 e. The molecule has 1 aromatic rings. The molecule has 1 aliphatic rings. The van der Waals surface area contributed by atoms with E-state index >= 15 is 0 Å². The number of hydrogen-bond acceptors (Lipinski definition) is 3. The molecule has 0 aromatic heterocycles. The lowest BCUT2D eigenvalue weighted by Crippen LogP contribution is -2.56. The van der Waals surface area contributed by atoms with Gasteiger partial charge in [0.1, 0.15) is 5.41 Å². The van der Waals surface area contributed by atoms with Gasteiger partial charge in [0.05, 0.1) is 0 Å². The van der Waals surface area contributed by atoms with Crippen LogP contribution in [0.3, 0.4) is 0 Å². The van der Waals surface area contributed by atoms with Gasteiger partial charge in [-0.2, -0.15) is 0 Å². The van der Waals surface area contributed by atoms with Gasteiger partial charge in [-0.05, 0) is 39.8 Å². The zero-order chi connectivity index (χ0) is 17.0. The maximum atomic E-state index is 12.7. The van der Waals surface area contributed by atoms with Gasteiger partial charge in [0, 0.05) is 37.9 Å². The van der Waals surface area contributed by atoms with E-state index in [2.05, 4.69) is 22.3 Å². The molecule has 1 N–H and O–H groups in total. The van der Waals surface area contributed by atoms with Crippen LogP contribution in [0, 0.1) is 5.41 Å². The summed E-state index contributed by atoms with van der Waals surface area (Å²) >= 11 is 0. The summed E-state index contributed by atoms with van der Waals surface area (Å²) in [5, 5.41) is 2.84. The minimum atomic E-state index is -1.03. The average Bonchev–Trinajstić information content (AvgIpc) is 2.54. The normalized spacial score (nSPS) is 15.7. The Balaban J connectivity index is 1.96. The van der Waals surface area contributed by atoms with E-state index in [-0.39, 0.29) is 17.9 Å². The number of nitrogens with zero attached hydrogens (tertiary/aromatic N) is 2. The lowest BCUT2D eigenvalue weighted by atomic mass is 9.89. The van der Waals surface area contributed by atoms with Gasteiger partial charge in [-0.25, -0.2) is 0 Å². The van der Waals surface area contributed by atoms with Gasteiger partial charge in [0.2, 0.25) is 11.8 Å². The summed E-state index contributed by atoms with van der Waals surface area (Å²) in [4.78, 5) is 29.1. The molecule has 0 aliphatic carbocycles. The van der Waals surface area contributed by atoms with Crippen molar-refractivity contribution in [2.24, 2.45) is 5.41 Å². The summed E-state index contributed by atoms with van der Waals surface area (Å²) in [6.07, 6.45) is 0. The molecule has 0 unspecified atom stereocenters. The predicted octanol–water partition coefficient (Wildman–Crippen LogP) is 1.89. The van der Waals surface area contributed by atoms with E-state index in [0.717, 1.165) is 13.1 Å². The molecule has 1 saturated heterocycles. The molecule has 0 atom stereocenters. The van der Waals surface area contributed by atoms with Crippen LogP contribution >= 0.6 is 0 Å². The molecule has 126 valence electrons. The molecule has 0 radical (unpaired) electrons. The first-order valence-electron chi connectivity index (χ1n) is 8.22. The quantitative estimate of drug-likeness (QED) is 0.863. The van der Waals surface area contributed by atoms with Gasteiger partial charge in [-0.15, -0.1) is 0 Å². The van der Waals surface area contributed by atoms with Gasteiger partial charge in [-0.3, -0.25) is 9.59 Å². The van der Waals surface area contributed by atoms with Crippen molar-refractivity contribution in [1.82, 2.24) is 10.2 Å². The van der Waals surface area contributed by atoms with Gasteiger partial charge in [-0.1, -0.05) is 18.2 Å². The second kappa shape index (κ2) is 7.02. The minimum absolute atomic E-state index is 0.0319. The second-order valence-corrected chi connectivity index (χ2v) is 6.87. The maximum absolute atomic E-state index is 12.7. The van der Waals surface area contributed by atoms with Crippen LogP contribution in [-0.2, 0) is 9.59 Å². The van der Waals surface area contributed by atoms with Crippen LogP contribution in [0.5, 0.6) is 0 Å². The first kappa shape index (κ1) is 17.3. The molecular formula is C18H27N3O2. The Morgan fingerprint density at radius 2 is 1.61 bits per heavy atom. The van der Waals surface area contributed by atoms with Crippen LogP contribution in [0.25, 0.3) is 0 Å². The number of amides is 2. The Bertz CT molecular complexity index is 547. The second-order valence-electron chi connectivity index (χ2n) is 6.87. The predicted molar refractivity (Wildman–Crippen MR) is 92.3 cm³/mol. The van der Waals surface area contributed by atoms with Gasteiger partial charge in [0.15, 0.2) is 0 Å². The van der Waals surface area contributed by atoms with Gasteiger partial charge in [0.25, 0.3) is 0 Å². The first-order valence-corrected chi connectivity index (χ1v) is 8.22. The van der Waals surface area contributed by atoms with E-state index in [9.17, 15) is 9.59 Å². The number of para-hydroxylation sites is 1. The minimum Gasteiger partial charge on any atom is -0.368 e. The Hall–Kier alpha value is -2.04. The summed E-state index contributed by atoms with van der Waals surface area (Å²) < 4.78 is 0. The highest BCUT2D eigenvalue weighted by Crippen LogP contribution is 2.22. The fraction of sp³-hybridized carbons (Fsp3) is 0.556. The van der Waals surface area contributed by atoms with Crippen LogP contribution in [0.1, 0.15) is 27.7 Å². The highest BCUT2D eigenvalue weighted by molar-refractivity contribution is 6.04. The van der Waals surface area contributed by atoms with E-state index in [0.29, 0.717) is 13.1 Å². The Kier molecular flexibility index (Phi) is 5.29. The third kappa shape index (κ3) is 4.03. The van der Waals surface area contributed by atoms with Crippen molar-refractivity contribution in [1.29, 1.82) is 0 Å². The molecule has 2 rings (SSSR count). The Morgan fingerprint density at radius 1 is 1.04 bits per heavy atom. The van der Waals surface area contributed by atoms with Crippen LogP contribution in [0.15, 0.2) is 30.3 Å². The molecule has 0 saturated carbocycles. The van der Waals surface area contributed by atoms with Gasteiger partial charge >= 0.3 is 0 Å². The fourth-order valence-corrected chi connectivity index (χ4v) is 2.74. The number of hydrogen-bond donors (Lipinski definition) is 1. The van der Waals surface area contributed by atoms with Crippen LogP contribution in [0.4, 0.5) is 5.69 Å². The lowest BCUT2D eigenvalue weighted by molar-refractivity contribution is -0.149. The van der Waals surface area contributed by atoms with Crippen LogP contribution in [-0.4, -0.2) is 48.9 Å². The van der Waals surface area contributed by atoms with Crippen LogP contribution < -0.4 is 10.2 Å². The molecule has 1 aromatic carbocycles. The smallest absolute Gasteiger partial charge is 0.237 e. The largest absolute Gasteiger partial charge is 0.368 e. The van der Waals surface area contributed by atoms with Crippen molar-refractivity contribution in [3.8, 4) is 0 Å². The highest BCUT2D eigenvalue weighted by atomic mass is 16.2. The monoisotopic (exact) mass is 317 g/mol. The van der Waals surface area contributed by atoms with Crippen molar-refractivity contribution in [2.75, 3.05) is 31.1 Å². The Morgan fingerprint density at radius 3 is 2.13 bits per heavy atom. The molecule has 23 heavy (non-hydrogen) atoms. The van der Waals surface area contributed by atoms with Crippen molar-refractivity contribution in [2.45, 2.75) is 33.7 Å². The van der Waals surface area contributed by atoms with Crippen molar-refractivity contribution >= 4 is 17.5 Å². The van der Waals surface area contributed by atoms with Crippen molar-refractivity contribution in [3.05, 3.63) is 30.3 Å². The summed E-state index contributed by atoms with van der Waals surface area (Å²) in [6, 6.07) is 10.2. The Labute approximate surface area is 138 Å². The SMILES string of the molecule is CC(C)NC(=O)C(C)(C)C(=O)N1CCN(c2ccccc2)CC1. The number of rotatable bonds is 4. The molecule has 5 heteroatoms. The molecule has 1 fully saturated rings. The zero-order valence-electron chi connectivity index (χ0n) is 14.5. The molecule has 0 bridgehead atoms. The van der Waals surface area contributed by atoms with E-state index < -0.39 is 5.41 Å². The number of benzene rings is 1. The summed E-state index contributed by atoms with van der Waals surface area (Å²) in [6.45, 7) is 10.1. The van der Waals surface area contributed by atoms with E-state index in [1.807, 2.05) is 32.0 Å². The number of carbonyl (C=O) groups is 2. The van der Waals surface area contributed by atoms with Crippen molar-refractivity contribution < 1.29 is 9.59 Å². The van der Waals surface area contributed by atoms with E-state index in [1.54, 1.807) is 18.7 Å². The molecule has 2 amide bonds. The molecule has 5 nitrogen and oxygen atoms in total. The topological polar surface area (TPSA) is 52.7 Å². The summed E-state index contributed by atoms with van der Waals surface area (Å²) in [5.74, 6) is -0.300. The molecule has 0 spiro atoms. The molecular weight excluding hydrogens is 290 g/mol. The highest BCUT2D eigenvalue weighted by Gasteiger charge is 2.40. The summed E-state index contributed by atoms with van der Waals surface area (Å²) in [5.41, 5.74) is 0.149. The number of anilines is 1. The number of nitrogens with one attached hydrogen (secondary N) is 1. The summed E-state index contributed by atoms with van der Waals surface area (Å²) in [7, 11) is 0. The first-order chi connectivity index (χ1) is 10.8. The molecule has 1 heterocycles. The fourth-order valence-electron chi connectivity index (χ4n) is 2.74. The third-order valence-corrected chi connectivity index (χ3v) is 4.21. The third-order valence-electron chi connectivity index (χ3n) is 4.21. The van der Waals surface area contributed by atoms with Crippen molar-refractivity contribution in [3.63, 3.8) is 0 Å².